The molecule has 2 atom stereocenters. The molecule has 4 rings (SSSR count). The van der Waals surface area contributed by atoms with Crippen LogP contribution in [0.2, 0.25) is 0 Å². The van der Waals surface area contributed by atoms with E-state index < -0.39 is 0 Å². The van der Waals surface area contributed by atoms with Gasteiger partial charge in [-0.05, 0) is 29.8 Å². The van der Waals surface area contributed by atoms with Crippen LogP contribution in [0.25, 0.3) is 0 Å². The Hall–Kier alpha value is -2.18. The van der Waals surface area contributed by atoms with Gasteiger partial charge in [-0.25, -0.2) is 0 Å². The number of furan rings is 1. The zero-order valence-corrected chi connectivity index (χ0v) is 12.8. The van der Waals surface area contributed by atoms with Crippen molar-refractivity contribution in [3.05, 3.63) is 54.2 Å². The van der Waals surface area contributed by atoms with Gasteiger partial charge in [0.05, 0.1) is 25.0 Å². The van der Waals surface area contributed by atoms with Crippen molar-refractivity contribution in [2.75, 3.05) is 19.7 Å². The van der Waals surface area contributed by atoms with E-state index in [-0.39, 0.29) is 24.7 Å². The standard InChI is InChI=1S/C17H19N3O3/c21-17-12-23-16-11-19(9-14-2-1-7-22-14)10-15(16)20(17)8-13-3-5-18-6-4-13/h1-7,15-16H,8-12H2/t15-,16-/m1/s1. The van der Waals surface area contributed by atoms with Crippen LogP contribution in [0.3, 0.4) is 0 Å². The van der Waals surface area contributed by atoms with Crippen molar-refractivity contribution < 1.29 is 13.9 Å². The number of hydrogen-bond acceptors (Lipinski definition) is 5. The molecule has 0 saturated carbocycles. The number of likely N-dealkylation sites (tertiary alicyclic amines) is 1. The van der Waals surface area contributed by atoms with Gasteiger partial charge in [0.25, 0.3) is 0 Å². The fourth-order valence-electron chi connectivity index (χ4n) is 3.38. The number of pyridine rings is 1. The lowest BCUT2D eigenvalue weighted by atomic mass is 10.1. The highest BCUT2D eigenvalue weighted by Gasteiger charge is 2.43. The minimum atomic E-state index is 0.0583. The molecule has 2 fully saturated rings. The topological polar surface area (TPSA) is 58.8 Å². The summed E-state index contributed by atoms with van der Waals surface area (Å²) in [5, 5.41) is 0. The number of fused-ring (bicyclic) bond motifs is 1. The summed E-state index contributed by atoms with van der Waals surface area (Å²) in [6.07, 6.45) is 5.28. The Kier molecular flexibility index (Phi) is 3.85. The van der Waals surface area contributed by atoms with Crippen LogP contribution in [0.15, 0.2) is 47.3 Å². The van der Waals surface area contributed by atoms with Crippen LogP contribution in [0, 0.1) is 0 Å². The van der Waals surface area contributed by atoms with E-state index in [1.54, 1.807) is 18.7 Å². The second kappa shape index (κ2) is 6.14. The molecule has 1 amide bonds. The fraction of sp³-hybridized carbons (Fsp3) is 0.412. The van der Waals surface area contributed by atoms with Gasteiger partial charge in [0.2, 0.25) is 5.91 Å². The molecule has 6 heteroatoms. The van der Waals surface area contributed by atoms with Crippen LogP contribution in [-0.4, -0.2) is 52.5 Å². The lowest BCUT2D eigenvalue weighted by Gasteiger charge is -2.36. The first kappa shape index (κ1) is 14.4. The number of amides is 1. The molecule has 2 aliphatic rings. The lowest BCUT2D eigenvalue weighted by Crippen LogP contribution is -2.53. The molecule has 0 aromatic carbocycles. The molecule has 0 aliphatic carbocycles. The van der Waals surface area contributed by atoms with Crippen molar-refractivity contribution in [1.82, 2.24) is 14.8 Å². The summed E-state index contributed by atoms with van der Waals surface area (Å²) in [4.78, 5) is 20.6. The molecule has 120 valence electrons. The zero-order chi connectivity index (χ0) is 15.6. The molecule has 2 aromatic heterocycles. The largest absolute Gasteiger partial charge is 0.468 e. The van der Waals surface area contributed by atoms with Gasteiger partial charge >= 0.3 is 0 Å². The van der Waals surface area contributed by atoms with Gasteiger partial charge in [-0.3, -0.25) is 14.7 Å². The average molecular weight is 313 g/mol. The molecular weight excluding hydrogens is 294 g/mol. The molecule has 2 saturated heterocycles. The third kappa shape index (κ3) is 3.00. The molecule has 0 unspecified atom stereocenters. The van der Waals surface area contributed by atoms with E-state index in [1.807, 2.05) is 29.2 Å². The first-order valence-corrected chi connectivity index (χ1v) is 7.84. The van der Waals surface area contributed by atoms with Crippen LogP contribution in [0.5, 0.6) is 0 Å². The lowest BCUT2D eigenvalue weighted by molar-refractivity contribution is -0.153. The Morgan fingerprint density at radius 1 is 1.17 bits per heavy atom. The zero-order valence-electron chi connectivity index (χ0n) is 12.8. The van der Waals surface area contributed by atoms with Crippen LogP contribution in [0.1, 0.15) is 11.3 Å². The van der Waals surface area contributed by atoms with Crippen LogP contribution >= 0.6 is 0 Å². The first-order valence-electron chi connectivity index (χ1n) is 7.84. The van der Waals surface area contributed by atoms with Crippen molar-refractivity contribution >= 4 is 5.91 Å². The maximum Gasteiger partial charge on any atom is 0.249 e. The molecule has 2 aromatic rings. The van der Waals surface area contributed by atoms with Gasteiger partial charge in [-0.1, -0.05) is 0 Å². The second-order valence-electron chi connectivity index (χ2n) is 6.07. The number of carbonyl (C=O) groups is 1. The van der Waals surface area contributed by atoms with Gasteiger partial charge in [0.15, 0.2) is 0 Å². The number of aromatic nitrogens is 1. The first-order chi connectivity index (χ1) is 11.3. The summed E-state index contributed by atoms with van der Waals surface area (Å²) in [7, 11) is 0. The second-order valence-corrected chi connectivity index (χ2v) is 6.07. The Bertz CT molecular complexity index is 659. The monoisotopic (exact) mass is 313 g/mol. The summed E-state index contributed by atoms with van der Waals surface area (Å²) in [5.41, 5.74) is 1.10. The van der Waals surface area contributed by atoms with E-state index in [9.17, 15) is 4.79 Å². The predicted molar refractivity (Wildman–Crippen MR) is 82.3 cm³/mol. The highest BCUT2D eigenvalue weighted by atomic mass is 16.5. The van der Waals surface area contributed by atoms with E-state index in [2.05, 4.69) is 9.88 Å². The van der Waals surface area contributed by atoms with Crippen molar-refractivity contribution in [1.29, 1.82) is 0 Å². The SMILES string of the molecule is O=C1CO[C@@H]2CN(Cc3ccco3)C[C@H]2N1Cc1ccncc1. The molecule has 0 bridgehead atoms. The van der Waals surface area contributed by atoms with E-state index in [4.69, 9.17) is 9.15 Å². The summed E-state index contributed by atoms with van der Waals surface area (Å²) in [6.45, 7) is 3.16. The highest BCUT2D eigenvalue weighted by Crippen LogP contribution is 2.26. The third-order valence-electron chi connectivity index (χ3n) is 4.52. The molecule has 4 heterocycles. The minimum absolute atomic E-state index is 0.0583. The summed E-state index contributed by atoms with van der Waals surface area (Å²) < 4.78 is 11.2. The van der Waals surface area contributed by atoms with Gasteiger partial charge in [0, 0.05) is 32.0 Å². The van der Waals surface area contributed by atoms with E-state index >= 15 is 0 Å². The van der Waals surface area contributed by atoms with Crippen molar-refractivity contribution in [2.24, 2.45) is 0 Å². The van der Waals surface area contributed by atoms with E-state index in [1.165, 1.54) is 0 Å². The Morgan fingerprint density at radius 3 is 2.83 bits per heavy atom. The number of hydrogen-bond donors (Lipinski definition) is 0. The molecule has 0 radical (unpaired) electrons. The molecule has 6 nitrogen and oxygen atoms in total. The Balaban J connectivity index is 1.47. The average Bonchev–Trinajstić information content (AvgIpc) is 3.21. The fourth-order valence-corrected chi connectivity index (χ4v) is 3.38. The van der Waals surface area contributed by atoms with Crippen molar-refractivity contribution in [2.45, 2.75) is 25.2 Å². The van der Waals surface area contributed by atoms with E-state index in [0.717, 1.165) is 31.0 Å². The maximum atomic E-state index is 12.3. The van der Waals surface area contributed by atoms with Gasteiger partial charge < -0.3 is 14.1 Å². The molecule has 2 aliphatic heterocycles. The smallest absolute Gasteiger partial charge is 0.249 e. The Morgan fingerprint density at radius 2 is 2.04 bits per heavy atom. The molecule has 23 heavy (non-hydrogen) atoms. The summed E-state index contributed by atoms with van der Waals surface area (Å²) in [5.74, 6) is 0.999. The molecule has 0 spiro atoms. The van der Waals surface area contributed by atoms with Gasteiger partial charge in [0.1, 0.15) is 12.4 Å². The quantitative estimate of drug-likeness (QED) is 0.851. The maximum absolute atomic E-state index is 12.3. The van der Waals surface area contributed by atoms with Gasteiger partial charge in [-0.15, -0.1) is 0 Å². The molecular formula is C17H19N3O3. The predicted octanol–water partition coefficient (Wildman–Crippen LogP) is 1.29. The van der Waals surface area contributed by atoms with Crippen LogP contribution < -0.4 is 0 Å². The van der Waals surface area contributed by atoms with Gasteiger partial charge in [-0.2, -0.15) is 0 Å². The number of ether oxygens (including phenoxy) is 1. The highest BCUT2D eigenvalue weighted by molar-refractivity contribution is 5.78. The minimum Gasteiger partial charge on any atom is -0.468 e. The summed E-state index contributed by atoms with van der Waals surface area (Å²) in [6, 6.07) is 7.87. The third-order valence-corrected chi connectivity index (χ3v) is 4.52. The van der Waals surface area contributed by atoms with Crippen molar-refractivity contribution in [3.63, 3.8) is 0 Å². The number of nitrogens with zero attached hydrogens (tertiary/aromatic N) is 3. The summed E-state index contributed by atoms with van der Waals surface area (Å²) >= 11 is 0. The van der Waals surface area contributed by atoms with Crippen molar-refractivity contribution in [3.8, 4) is 0 Å². The molecule has 0 N–H and O–H groups in total. The van der Waals surface area contributed by atoms with Crippen LogP contribution in [0.4, 0.5) is 0 Å². The number of carbonyl (C=O) groups excluding carboxylic acids is 1. The Labute approximate surface area is 134 Å². The number of rotatable bonds is 4. The van der Waals surface area contributed by atoms with E-state index in [0.29, 0.717) is 6.54 Å². The van der Waals surface area contributed by atoms with Crippen LogP contribution in [-0.2, 0) is 22.6 Å². The normalized spacial score (nSPS) is 24.9. The number of morpholine rings is 1.